The van der Waals surface area contributed by atoms with Crippen LogP contribution >= 0.6 is 0 Å². The van der Waals surface area contributed by atoms with Gasteiger partial charge in [-0.2, -0.15) is 0 Å². The number of carbonyl (C=O) groups excluding carboxylic acids is 1. The fourth-order valence-electron chi connectivity index (χ4n) is 2.88. The lowest BCUT2D eigenvalue weighted by Gasteiger charge is -2.30. The van der Waals surface area contributed by atoms with E-state index in [4.69, 9.17) is 0 Å². The van der Waals surface area contributed by atoms with E-state index in [2.05, 4.69) is 5.32 Å². The summed E-state index contributed by atoms with van der Waals surface area (Å²) >= 11 is 0. The van der Waals surface area contributed by atoms with Crippen molar-refractivity contribution >= 4 is 21.6 Å². The monoisotopic (exact) mass is 374 g/mol. The molecule has 6 heteroatoms. The molecule has 1 N–H and O–H groups in total. The smallest absolute Gasteiger partial charge is 0.244 e. The van der Waals surface area contributed by atoms with Gasteiger partial charge in [0.25, 0.3) is 0 Å². The summed E-state index contributed by atoms with van der Waals surface area (Å²) in [5, 5.41) is 2.87. The molecule has 0 saturated carbocycles. The topological polar surface area (TPSA) is 66.5 Å². The molecule has 0 heterocycles. The minimum absolute atomic E-state index is 0.306. The molecule has 0 saturated heterocycles. The molecule has 2 rings (SSSR count). The van der Waals surface area contributed by atoms with Gasteiger partial charge in [-0.05, 0) is 38.0 Å². The maximum atomic E-state index is 12.7. The van der Waals surface area contributed by atoms with Crippen LogP contribution in [-0.4, -0.2) is 26.6 Å². The predicted octanol–water partition coefficient (Wildman–Crippen LogP) is 3.16. The molecule has 1 atom stereocenters. The Hall–Kier alpha value is -2.34. The molecule has 0 spiro atoms. The highest BCUT2D eigenvalue weighted by molar-refractivity contribution is 7.92. The first kappa shape index (κ1) is 20.0. The van der Waals surface area contributed by atoms with E-state index in [-0.39, 0.29) is 5.91 Å². The average molecular weight is 375 g/mol. The summed E-state index contributed by atoms with van der Waals surface area (Å²) in [4.78, 5) is 12.7. The summed E-state index contributed by atoms with van der Waals surface area (Å²) in [7, 11) is -3.60. The third kappa shape index (κ3) is 5.08. The average Bonchev–Trinajstić information content (AvgIpc) is 2.57. The van der Waals surface area contributed by atoms with Crippen LogP contribution in [0.25, 0.3) is 0 Å². The lowest BCUT2D eigenvalue weighted by Crippen LogP contribution is -2.49. The lowest BCUT2D eigenvalue weighted by atomic mass is 10.1. The number of nitrogens with zero attached hydrogens (tertiary/aromatic N) is 1. The minimum Gasteiger partial charge on any atom is -0.350 e. The van der Waals surface area contributed by atoms with Crippen LogP contribution < -0.4 is 9.62 Å². The van der Waals surface area contributed by atoms with Gasteiger partial charge in [0, 0.05) is 6.54 Å². The third-order valence-corrected chi connectivity index (χ3v) is 5.35. The Morgan fingerprint density at radius 3 is 2.27 bits per heavy atom. The molecule has 140 valence electrons. The third-order valence-electron chi connectivity index (χ3n) is 4.17. The molecule has 0 bridgehead atoms. The highest BCUT2D eigenvalue weighted by Gasteiger charge is 2.31. The summed E-state index contributed by atoms with van der Waals surface area (Å²) in [5.41, 5.74) is 3.62. The van der Waals surface area contributed by atoms with Crippen LogP contribution in [0.2, 0.25) is 0 Å². The fourth-order valence-corrected chi connectivity index (χ4v) is 4.09. The SMILES string of the molecule is CCC(C(=O)NCc1cccc(C)c1)N(c1ccc(C)cc1)S(C)(=O)=O. The summed E-state index contributed by atoms with van der Waals surface area (Å²) in [6.07, 6.45) is 1.50. The number of benzene rings is 2. The van der Waals surface area contributed by atoms with Crippen LogP contribution in [-0.2, 0) is 21.4 Å². The van der Waals surface area contributed by atoms with Crippen LogP contribution in [0.15, 0.2) is 48.5 Å². The zero-order chi connectivity index (χ0) is 19.3. The molecule has 0 radical (unpaired) electrons. The van der Waals surface area contributed by atoms with Crippen molar-refractivity contribution in [2.24, 2.45) is 0 Å². The number of aryl methyl sites for hydroxylation is 2. The lowest BCUT2D eigenvalue weighted by molar-refractivity contribution is -0.122. The van der Waals surface area contributed by atoms with Crippen LogP contribution in [0.1, 0.15) is 30.0 Å². The minimum atomic E-state index is -3.60. The van der Waals surface area contributed by atoms with E-state index in [0.29, 0.717) is 18.7 Å². The first-order valence-corrected chi connectivity index (χ1v) is 10.5. The van der Waals surface area contributed by atoms with Crippen molar-refractivity contribution in [2.45, 2.75) is 39.8 Å². The van der Waals surface area contributed by atoms with E-state index < -0.39 is 16.1 Å². The number of nitrogens with one attached hydrogen (secondary N) is 1. The van der Waals surface area contributed by atoms with Gasteiger partial charge in [-0.15, -0.1) is 0 Å². The van der Waals surface area contributed by atoms with Crippen molar-refractivity contribution in [1.82, 2.24) is 5.32 Å². The van der Waals surface area contributed by atoms with Gasteiger partial charge >= 0.3 is 0 Å². The van der Waals surface area contributed by atoms with Gasteiger partial charge in [0.15, 0.2) is 0 Å². The van der Waals surface area contributed by atoms with Crippen LogP contribution in [0.4, 0.5) is 5.69 Å². The van der Waals surface area contributed by atoms with E-state index in [1.165, 1.54) is 4.31 Å². The number of sulfonamides is 1. The number of hydrogen-bond acceptors (Lipinski definition) is 3. The second-order valence-electron chi connectivity index (χ2n) is 6.53. The largest absolute Gasteiger partial charge is 0.350 e. The van der Waals surface area contributed by atoms with Crippen molar-refractivity contribution in [3.8, 4) is 0 Å². The Morgan fingerprint density at radius 2 is 1.73 bits per heavy atom. The van der Waals surface area contributed by atoms with Gasteiger partial charge in [0.2, 0.25) is 15.9 Å². The molecule has 5 nitrogen and oxygen atoms in total. The number of carbonyl (C=O) groups is 1. The number of anilines is 1. The molecule has 0 fully saturated rings. The number of rotatable bonds is 7. The Morgan fingerprint density at radius 1 is 1.08 bits per heavy atom. The maximum absolute atomic E-state index is 12.7. The zero-order valence-electron chi connectivity index (χ0n) is 15.7. The normalized spacial score (nSPS) is 12.5. The van der Waals surface area contributed by atoms with Gasteiger partial charge in [0.05, 0.1) is 11.9 Å². The van der Waals surface area contributed by atoms with E-state index in [1.54, 1.807) is 12.1 Å². The van der Waals surface area contributed by atoms with Gasteiger partial charge in [0.1, 0.15) is 6.04 Å². The molecule has 2 aromatic rings. The molecule has 0 aliphatic rings. The second kappa shape index (κ2) is 8.36. The van der Waals surface area contributed by atoms with E-state index >= 15 is 0 Å². The number of hydrogen-bond donors (Lipinski definition) is 1. The van der Waals surface area contributed by atoms with E-state index in [9.17, 15) is 13.2 Å². The Kier molecular flexibility index (Phi) is 6.42. The van der Waals surface area contributed by atoms with Crippen LogP contribution in [0.3, 0.4) is 0 Å². The molecule has 0 aliphatic heterocycles. The van der Waals surface area contributed by atoms with Crippen molar-refractivity contribution in [3.05, 3.63) is 65.2 Å². The first-order chi connectivity index (χ1) is 12.2. The highest BCUT2D eigenvalue weighted by Crippen LogP contribution is 2.23. The Labute approximate surface area is 156 Å². The molecule has 1 unspecified atom stereocenters. The molecule has 1 amide bonds. The van der Waals surface area contributed by atoms with Gasteiger partial charge < -0.3 is 5.32 Å². The maximum Gasteiger partial charge on any atom is 0.244 e. The predicted molar refractivity (Wildman–Crippen MR) is 106 cm³/mol. The number of amides is 1. The zero-order valence-corrected chi connectivity index (χ0v) is 16.5. The molecular weight excluding hydrogens is 348 g/mol. The standard InChI is InChI=1S/C20H26N2O3S/c1-5-19(20(23)21-14-17-8-6-7-16(3)13-17)22(26(4,24)25)18-11-9-15(2)10-12-18/h6-13,19H,5,14H2,1-4H3,(H,21,23). The van der Waals surface area contributed by atoms with Crippen LogP contribution in [0, 0.1) is 13.8 Å². The summed E-state index contributed by atoms with van der Waals surface area (Å²) in [6.45, 7) is 6.09. The van der Waals surface area contributed by atoms with Gasteiger partial charge in [-0.1, -0.05) is 54.4 Å². The fraction of sp³-hybridized carbons (Fsp3) is 0.350. The van der Waals surface area contributed by atoms with E-state index in [0.717, 1.165) is 22.9 Å². The first-order valence-electron chi connectivity index (χ1n) is 8.61. The Balaban J connectivity index is 2.23. The summed E-state index contributed by atoms with van der Waals surface area (Å²) in [6, 6.07) is 14.2. The molecule has 26 heavy (non-hydrogen) atoms. The van der Waals surface area contributed by atoms with Crippen molar-refractivity contribution in [3.63, 3.8) is 0 Å². The van der Waals surface area contributed by atoms with Gasteiger partial charge in [-0.25, -0.2) is 8.42 Å². The molecule has 2 aromatic carbocycles. The van der Waals surface area contributed by atoms with Crippen molar-refractivity contribution < 1.29 is 13.2 Å². The highest BCUT2D eigenvalue weighted by atomic mass is 32.2. The van der Waals surface area contributed by atoms with E-state index in [1.807, 2.05) is 57.2 Å². The van der Waals surface area contributed by atoms with Crippen molar-refractivity contribution in [2.75, 3.05) is 10.6 Å². The summed E-state index contributed by atoms with van der Waals surface area (Å²) < 4.78 is 26.0. The quantitative estimate of drug-likeness (QED) is 0.809. The van der Waals surface area contributed by atoms with Crippen LogP contribution in [0.5, 0.6) is 0 Å². The Bertz CT molecular complexity index is 861. The summed E-state index contributed by atoms with van der Waals surface area (Å²) in [5.74, 6) is -0.306. The molecule has 0 aliphatic carbocycles. The van der Waals surface area contributed by atoms with Crippen molar-refractivity contribution in [1.29, 1.82) is 0 Å². The van der Waals surface area contributed by atoms with Gasteiger partial charge in [-0.3, -0.25) is 9.10 Å². The molecular formula is C20H26N2O3S. The second-order valence-corrected chi connectivity index (χ2v) is 8.38. The molecule has 0 aromatic heterocycles.